The number of fused-ring (bicyclic) bond motifs is 1. The SMILES string of the molecule is O=C(O)C(c1ccccc1)(c1ccccc1)c1ccccc1.O=C(O)C(c1ccccc1)(c1ccccc1)c1ccccc1.[C-]1=CC=CC1.[CH3-].[CH3-].[Si]=[Ti].c1ccc2[cH-]ccc2c1. The summed E-state index contributed by atoms with van der Waals surface area (Å²) in [6.45, 7) is 0. The predicted molar refractivity (Wildman–Crippen MR) is 253 cm³/mol. The molecule has 0 heterocycles. The van der Waals surface area contributed by atoms with Crippen LogP contribution < -0.4 is 0 Å². The largest absolute Gasteiger partial charge is 0.168 e. The third-order valence-corrected chi connectivity index (χ3v) is 10.0. The Labute approximate surface area is 381 Å². The van der Waals surface area contributed by atoms with Gasteiger partial charge in [-0.1, -0.05) is 188 Å². The Morgan fingerprint density at radius 3 is 0.984 bits per heavy atom. The van der Waals surface area contributed by atoms with E-state index in [1.54, 1.807) is 19.2 Å². The zero-order valence-electron chi connectivity index (χ0n) is 35.0. The van der Waals surface area contributed by atoms with Gasteiger partial charge in [-0.15, -0.1) is 36.1 Å². The number of carboxylic acids is 2. The minimum atomic E-state index is -1.20. The van der Waals surface area contributed by atoms with Gasteiger partial charge in [-0.2, -0.15) is 23.6 Å². The average molecular weight is 863 g/mol. The smallest absolute Gasteiger partial charge is 0.0809 e. The van der Waals surface area contributed by atoms with Gasteiger partial charge in [-0.25, -0.2) is 12.2 Å². The Hall–Kier alpha value is -6.50. The van der Waals surface area contributed by atoms with E-state index in [0.717, 1.165) is 39.8 Å². The molecule has 0 atom stereocenters. The molecule has 4 nitrogen and oxygen atoms in total. The van der Waals surface area contributed by atoms with Crippen LogP contribution in [0.25, 0.3) is 10.8 Å². The van der Waals surface area contributed by atoms with E-state index in [2.05, 4.69) is 62.2 Å². The summed E-state index contributed by atoms with van der Waals surface area (Å²) >= 11 is 1.81. The van der Waals surface area contributed by atoms with Crippen molar-refractivity contribution in [3.8, 4) is 0 Å². The van der Waals surface area contributed by atoms with Gasteiger partial charge in [0.05, 0.1) is 0 Å². The first kappa shape index (κ1) is 49.9. The maximum absolute atomic E-state index is 12.4. The Morgan fingerprint density at radius 1 is 0.468 bits per heavy atom. The summed E-state index contributed by atoms with van der Waals surface area (Å²) in [6.07, 6.45) is 10.0. The number of benzene rings is 7. The standard InChI is InChI=1S/2C20H16O2.C9H7.C5H5.2CH3.Si.Ti/c2*21-19(22)20(16-10-4-1-5-11-16,17-12-6-2-7-13-17)18-14-8-3-9-15-18;1-2-5-9-7-3-6-8(9)4-1;1-2-4-5-3-1;;;;/h2*1-15H,(H,21,22);1-7H;1-3H,4H2;2*1H3;;/q;;4*-1;;. The van der Waals surface area contributed by atoms with Crippen LogP contribution in [-0.2, 0) is 39.6 Å². The number of allylic oxidation sites excluding steroid dienone is 4. The molecule has 310 valence electrons. The summed E-state index contributed by atoms with van der Waals surface area (Å²) in [5.74, 6) is -1.76. The van der Waals surface area contributed by atoms with Crippen molar-refractivity contribution in [1.29, 1.82) is 0 Å². The molecule has 8 aromatic rings. The third-order valence-electron chi connectivity index (χ3n) is 10.0. The Balaban J connectivity index is 0.000000239. The zero-order chi connectivity index (χ0) is 42.5. The number of carbonyl (C=O) groups is 2. The molecule has 2 radical (unpaired) electrons. The molecular formula is C56H50O4SiTi-4. The van der Waals surface area contributed by atoms with Gasteiger partial charge < -0.3 is 25.1 Å². The van der Waals surface area contributed by atoms with Gasteiger partial charge in [0.15, 0.2) is 0 Å². The second kappa shape index (κ2) is 26.0. The predicted octanol–water partition coefficient (Wildman–Crippen LogP) is 12.6. The van der Waals surface area contributed by atoms with Crippen molar-refractivity contribution in [2.24, 2.45) is 0 Å². The monoisotopic (exact) mass is 862 g/mol. The molecule has 62 heavy (non-hydrogen) atoms. The molecule has 1 aliphatic carbocycles. The van der Waals surface area contributed by atoms with Crippen LogP contribution in [0.5, 0.6) is 0 Å². The van der Waals surface area contributed by atoms with Crippen LogP contribution in [0, 0.1) is 20.9 Å². The second-order valence-electron chi connectivity index (χ2n) is 13.5. The van der Waals surface area contributed by atoms with Gasteiger partial charge in [-0.3, -0.25) is 15.7 Å². The molecule has 0 saturated heterocycles. The number of hydrogen-bond donors (Lipinski definition) is 2. The van der Waals surface area contributed by atoms with E-state index in [4.69, 9.17) is 0 Å². The summed E-state index contributed by atoms with van der Waals surface area (Å²) in [5, 5.41) is 23.0. The van der Waals surface area contributed by atoms with Gasteiger partial charge >= 0.3 is 38.7 Å². The van der Waals surface area contributed by atoms with E-state index >= 15 is 0 Å². The topological polar surface area (TPSA) is 74.6 Å². The van der Waals surface area contributed by atoms with Crippen LogP contribution in [0.1, 0.15) is 39.8 Å². The first-order chi connectivity index (χ1) is 29.5. The fraction of sp³-hybridized carbons (Fsp3) is 0.0536. The molecule has 0 aliphatic heterocycles. The second-order valence-corrected chi connectivity index (χ2v) is 13.5. The van der Waals surface area contributed by atoms with Crippen molar-refractivity contribution >= 4 is 30.3 Å². The molecule has 0 saturated carbocycles. The molecule has 0 spiro atoms. The Bertz CT molecular complexity index is 2170. The van der Waals surface area contributed by atoms with Gasteiger partial charge in [0.2, 0.25) is 0 Å². The molecular weight excluding hydrogens is 813 g/mol. The summed E-state index contributed by atoms with van der Waals surface area (Å²) in [6, 6.07) is 71.0. The molecule has 6 heteroatoms. The van der Waals surface area contributed by atoms with Crippen LogP contribution in [0.3, 0.4) is 0 Å². The van der Waals surface area contributed by atoms with E-state index < -0.39 is 22.8 Å². The fourth-order valence-electron chi connectivity index (χ4n) is 7.28. The summed E-state index contributed by atoms with van der Waals surface area (Å²) in [4.78, 5) is 24.8. The Kier molecular flexibility index (Phi) is 20.9. The number of aliphatic carboxylic acids is 2. The number of rotatable bonds is 8. The zero-order valence-corrected chi connectivity index (χ0v) is 37.6. The summed E-state index contributed by atoms with van der Waals surface area (Å²) in [5.41, 5.74) is 2.09. The molecule has 0 bridgehead atoms. The number of hydrogen-bond acceptors (Lipinski definition) is 2. The normalized spacial score (nSPS) is 10.8. The molecule has 9 rings (SSSR count). The molecule has 2 N–H and O–H groups in total. The minimum absolute atomic E-state index is 0. The van der Waals surface area contributed by atoms with E-state index in [9.17, 15) is 19.8 Å². The average Bonchev–Trinajstić information content (AvgIpc) is 4.07. The van der Waals surface area contributed by atoms with Crippen molar-refractivity contribution in [2.45, 2.75) is 17.3 Å². The molecule has 0 fully saturated rings. The first-order valence-corrected chi connectivity index (χ1v) is 22.2. The molecule has 8 aromatic carbocycles. The van der Waals surface area contributed by atoms with Gasteiger partial charge in [0, 0.05) is 0 Å². The quantitative estimate of drug-likeness (QED) is 0.0907. The van der Waals surface area contributed by atoms with Crippen LogP contribution in [0.4, 0.5) is 0 Å². The van der Waals surface area contributed by atoms with Crippen molar-refractivity contribution in [2.75, 3.05) is 0 Å². The third kappa shape index (κ3) is 11.9. The maximum atomic E-state index is 12.4. The molecule has 0 unspecified atom stereocenters. The van der Waals surface area contributed by atoms with E-state index in [1.165, 1.54) is 10.8 Å². The van der Waals surface area contributed by atoms with Crippen LogP contribution in [0.2, 0.25) is 0 Å². The molecule has 1 aliphatic rings. The maximum Gasteiger partial charge on any atom is -0.0809 e. The van der Waals surface area contributed by atoms with Crippen LogP contribution in [-0.4, -0.2) is 29.8 Å². The summed E-state index contributed by atoms with van der Waals surface area (Å²) in [7, 11) is 2.97. The Morgan fingerprint density at radius 2 is 0.758 bits per heavy atom. The fourth-order valence-corrected chi connectivity index (χ4v) is 7.28. The van der Waals surface area contributed by atoms with Crippen molar-refractivity contribution < 1.29 is 39.0 Å². The van der Waals surface area contributed by atoms with Crippen LogP contribution >= 0.6 is 0 Å². The molecule has 0 amide bonds. The van der Waals surface area contributed by atoms with Crippen molar-refractivity contribution in [3.05, 3.63) is 297 Å². The van der Waals surface area contributed by atoms with Gasteiger partial charge in [-0.05, 0) is 33.4 Å². The summed E-state index contributed by atoms with van der Waals surface area (Å²) < 4.78 is 0. The molecule has 0 aromatic heterocycles. The van der Waals surface area contributed by atoms with Gasteiger partial charge in [0.25, 0.3) is 0 Å². The van der Waals surface area contributed by atoms with E-state index in [-0.39, 0.29) is 14.9 Å². The first-order valence-electron chi connectivity index (χ1n) is 19.4. The van der Waals surface area contributed by atoms with E-state index in [1.807, 2.05) is 194 Å². The minimum Gasteiger partial charge on any atom is -0.168 e. The van der Waals surface area contributed by atoms with Crippen molar-refractivity contribution in [3.63, 3.8) is 0 Å². The van der Waals surface area contributed by atoms with Crippen molar-refractivity contribution in [1.82, 2.24) is 0 Å². The number of carboxylic acid groups (broad SMARTS) is 2. The van der Waals surface area contributed by atoms with E-state index in [0.29, 0.717) is 0 Å². The van der Waals surface area contributed by atoms with Crippen LogP contribution in [0.15, 0.2) is 243 Å². The van der Waals surface area contributed by atoms with Gasteiger partial charge in [0.1, 0.15) is 10.8 Å².